The number of aliphatic hydroxyl groups is 4. The summed E-state index contributed by atoms with van der Waals surface area (Å²) in [6.07, 6.45) is -5.68. The van der Waals surface area contributed by atoms with Gasteiger partial charge in [-0.25, -0.2) is 0 Å². The van der Waals surface area contributed by atoms with Gasteiger partial charge in [-0.15, -0.1) is 0 Å². The molecule has 54 heavy (non-hydrogen) atoms. The Labute approximate surface area is 308 Å². The number of nitrogens with two attached hydrogens (primary N) is 2. The van der Waals surface area contributed by atoms with Crippen LogP contribution in [-0.4, -0.2) is 166 Å². The number of carbonyl (C=O) groups excluding carboxylic acids is 7. The minimum atomic E-state index is -1.65. The molecule has 3 rings (SSSR count). The summed E-state index contributed by atoms with van der Waals surface area (Å²) in [5.41, 5.74) is 11.1. The number of primary amides is 1. The summed E-state index contributed by atoms with van der Waals surface area (Å²) in [6, 6.07) is -1.01. The summed E-state index contributed by atoms with van der Waals surface area (Å²) >= 11 is 0. The molecule has 7 amide bonds. The quantitative estimate of drug-likeness (QED) is 0.0660. The molecule has 2 fully saturated rings. The van der Waals surface area contributed by atoms with Crippen LogP contribution < -0.4 is 38.1 Å². The van der Waals surface area contributed by atoms with Crippen molar-refractivity contribution in [2.75, 3.05) is 39.5 Å². The van der Waals surface area contributed by atoms with E-state index < -0.39 is 129 Å². The molecule has 0 unspecified atom stereocenters. The lowest BCUT2D eigenvalue weighted by molar-refractivity contribution is -0.271. The van der Waals surface area contributed by atoms with Crippen LogP contribution in [0.5, 0.6) is 5.75 Å². The minimum Gasteiger partial charge on any atom is -0.508 e. The number of hydrogen-bond donors (Lipinski definition) is 12. The molecule has 2 aliphatic heterocycles. The molecule has 2 saturated heterocycles. The van der Waals surface area contributed by atoms with E-state index in [0.29, 0.717) is 12.0 Å². The number of aliphatic hydroxyl groups excluding tert-OH is 4. The van der Waals surface area contributed by atoms with Gasteiger partial charge in [0, 0.05) is 19.9 Å². The van der Waals surface area contributed by atoms with Crippen molar-refractivity contribution in [1.82, 2.24) is 31.5 Å². The molecule has 9 atom stereocenters. The molecule has 2 aliphatic rings. The molecular weight excluding hydrogens is 720 g/mol. The van der Waals surface area contributed by atoms with E-state index in [2.05, 4.69) is 26.6 Å². The van der Waals surface area contributed by atoms with Gasteiger partial charge < -0.3 is 78.0 Å². The molecule has 22 nitrogen and oxygen atoms in total. The van der Waals surface area contributed by atoms with Crippen molar-refractivity contribution in [1.29, 1.82) is 0 Å². The third-order valence-electron chi connectivity index (χ3n) is 8.63. The molecule has 0 aromatic heterocycles. The molecule has 1 aromatic carbocycles. The van der Waals surface area contributed by atoms with E-state index in [1.807, 2.05) is 0 Å². The van der Waals surface area contributed by atoms with Crippen molar-refractivity contribution < 1.29 is 68.6 Å². The van der Waals surface area contributed by atoms with Gasteiger partial charge in [0.05, 0.1) is 32.9 Å². The largest absolute Gasteiger partial charge is 0.508 e. The maximum absolute atomic E-state index is 13.8. The van der Waals surface area contributed by atoms with Gasteiger partial charge in [-0.1, -0.05) is 12.1 Å². The van der Waals surface area contributed by atoms with Gasteiger partial charge in [0.1, 0.15) is 54.3 Å². The molecule has 14 N–H and O–H groups in total. The second-order valence-corrected chi connectivity index (χ2v) is 12.6. The lowest BCUT2D eigenvalue weighted by Crippen LogP contribution is -2.65. The highest BCUT2D eigenvalue weighted by Gasteiger charge is 2.46. The van der Waals surface area contributed by atoms with E-state index >= 15 is 0 Å². The number of carbonyl (C=O) groups is 7. The summed E-state index contributed by atoms with van der Waals surface area (Å²) in [5.74, 6) is -5.72. The molecule has 0 bridgehead atoms. The van der Waals surface area contributed by atoms with Gasteiger partial charge in [0.2, 0.25) is 41.4 Å². The molecule has 22 heteroatoms. The Morgan fingerprint density at radius 2 is 1.63 bits per heavy atom. The summed E-state index contributed by atoms with van der Waals surface area (Å²) < 4.78 is 11.2. The van der Waals surface area contributed by atoms with Crippen molar-refractivity contribution >= 4 is 41.4 Å². The second kappa shape index (κ2) is 20.5. The topological polar surface area (TPSA) is 355 Å². The highest BCUT2D eigenvalue weighted by Crippen LogP contribution is 2.24. The van der Waals surface area contributed by atoms with Crippen molar-refractivity contribution in [3.8, 4) is 5.75 Å². The van der Waals surface area contributed by atoms with Crippen molar-refractivity contribution in [2.45, 2.75) is 81.0 Å². The number of phenolic OH excluding ortho intramolecular Hbond substituents is 1. The number of likely N-dealkylation sites (tertiary alicyclic amines) is 1. The highest BCUT2D eigenvalue weighted by molar-refractivity contribution is 5.95. The lowest BCUT2D eigenvalue weighted by atomic mass is 9.97. The number of rotatable bonds is 18. The second-order valence-electron chi connectivity index (χ2n) is 12.6. The number of ether oxygens (including phenoxy) is 2. The number of nitrogens with one attached hydrogen (secondary N) is 5. The smallest absolute Gasteiger partial charge is 0.248 e. The van der Waals surface area contributed by atoms with Gasteiger partial charge in [-0.05, 0) is 30.5 Å². The van der Waals surface area contributed by atoms with Crippen molar-refractivity contribution in [2.24, 2.45) is 11.5 Å². The molecule has 2 heterocycles. The average Bonchev–Trinajstić information content (AvgIpc) is 3.64. The predicted octanol–water partition coefficient (Wildman–Crippen LogP) is -7.11. The fourth-order valence-corrected chi connectivity index (χ4v) is 5.82. The number of phenols is 1. The summed E-state index contributed by atoms with van der Waals surface area (Å²) in [6.45, 7) is -2.15. The van der Waals surface area contributed by atoms with E-state index in [9.17, 15) is 59.1 Å². The molecule has 1 aromatic rings. The van der Waals surface area contributed by atoms with Crippen LogP contribution in [0.4, 0.5) is 0 Å². The number of nitrogens with zero attached hydrogens (tertiary/aromatic N) is 1. The summed E-state index contributed by atoms with van der Waals surface area (Å²) in [4.78, 5) is 89.9. The first kappa shape index (κ1) is 43.4. The standard InChI is InChI=1S/C32H48N8O14/c1-15(43)36-25-27(48)26(47)22(13-42)54-32(25)53-14-20(38-23(45)10-33)31(52)40-8-2-3-21(40)30(51)35-11-24(46)37-18(9-16-4-6-17(44)7-5-16)29(50)39-19(12-41)28(34)49/h4-7,18-22,25-27,32,41-42,44,47-48H,2-3,8-14,33H2,1H3,(H2,34,49)(H,35,51)(H,36,43)(H,37,46)(H,38,45)(H,39,50)/t18-,19-,20-,21-,22+,25+,26+,27+,32+/m0/s1. The summed E-state index contributed by atoms with van der Waals surface area (Å²) in [7, 11) is 0. The monoisotopic (exact) mass is 768 g/mol. The van der Waals surface area contributed by atoms with E-state index in [4.69, 9.17) is 20.9 Å². The maximum Gasteiger partial charge on any atom is 0.248 e. The van der Waals surface area contributed by atoms with Gasteiger partial charge in [-0.3, -0.25) is 33.6 Å². The van der Waals surface area contributed by atoms with Gasteiger partial charge in [0.15, 0.2) is 6.29 Å². The van der Waals surface area contributed by atoms with Gasteiger partial charge in [0.25, 0.3) is 0 Å². The molecule has 300 valence electrons. The average molecular weight is 769 g/mol. The zero-order chi connectivity index (χ0) is 40.1. The molecule has 0 radical (unpaired) electrons. The molecule has 0 saturated carbocycles. The number of amides is 7. The third kappa shape index (κ3) is 12.0. The van der Waals surface area contributed by atoms with E-state index in [-0.39, 0.29) is 25.1 Å². The van der Waals surface area contributed by atoms with E-state index in [0.717, 1.165) is 11.8 Å². The van der Waals surface area contributed by atoms with Crippen LogP contribution in [0.15, 0.2) is 24.3 Å². The fraction of sp³-hybridized carbons (Fsp3) is 0.594. The normalized spacial score (nSPS) is 24.0. The highest BCUT2D eigenvalue weighted by atomic mass is 16.7. The Balaban J connectivity index is 1.69. The lowest BCUT2D eigenvalue weighted by Gasteiger charge is -2.42. The fourth-order valence-electron chi connectivity index (χ4n) is 5.82. The Morgan fingerprint density at radius 1 is 0.963 bits per heavy atom. The first-order valence-electron chi connectivity index (χ1n) is 17.0. The van der Waals surface area contributed by atoms with Crippen LogP contribution in [-0.2, 0) is 49.5 Å². The van der Waals surface area contributed by atoms with E-state index in [1.54, 1.807) is 0 Å². The Bertz CT molecular complexity index is 1500. The minimum absolute atomic E-state index is 0.0498. The van der Waals surface area contributed by atoms with Crippen LogP contribution in [0.1, 0.15) is 25.3 Å². The Morgan fingerprint density at radius 3 is 2.22 bits per heavy atom. The molecule has 0 spiro atoms. The maximum atomic E-state index is 13.8. The number of hydrogen-bond acceptors (Lipinski definition) is 15. The SMILES string of the molecule is CC(=O)N[C@H]1[C@H](OC[C@H](NC(=O)CN)C(=O)N2CCC[C@H]2C(=O)NCC(=O)N[C@@H](Cc2ccc(O)cc2)C(=O)N[C@@H](CO)C(N)=O)O[C@H](CO)[C@@H](O)[C@@H]1O. The van der Waals surface area contributed by atoms with Crippen molar-refractivity contribution in [3.05, 3.63) is 29.8 Å². The first-order chi connectivity index (χ1) is 25.6. The zero-order valence-corrected chi connectivity index (χ0v) is 29.4. The Kier molecular flexibility index (Phi) is 16.5. The van der Waals surface area contributed by atoms with Crippen molar-refractivity contribution in [3.63, 3.8) is 0 Å². The Hall–Kier alpha value is -4.97. The zero-order valence-electron chi connectivity index (χ0n) is 29.4. The number of aromatic hydroxyl groups is 1. The van der Waals surface area contributed by atoms with Crippen LogP contribution in [0.2, 0.25) is 0 Å². The van der Waals surface area contributed by atoms with Crippen LogP contribution >= 0.6 is 0 Å². The van der Waals surface area contributed by atoms with Gasteiger partial charge in [-0.2, -0.15) is 0 Å². The third-order valence-corrected chi connectivity index (χ3v) is 8.63. The summed E-state index contributed by atoms with van der Waals surface area (Å²) in [5, 5.41) is 61.3. The van der Waals surface area contributed by atoms with Gasteiger partial charge >= 0.3 is 0 Å². The van der Waals surface area contributed by atoms with Crippen LogP contribution in [0.25, 0.3) is 0 Å². The van der Waals surface area contributed by atoms with Crippen LogP contribution in [0, 0.1) is 0 Å². The van der Waals surface area contributed by atoms with E-state index in [1.165, 1.54) is 24.3 Å². The molecular formula is C32H48N8O14. The molecule has 0 aliphatic carbocycles. The predicted molar refractivity (Wildman–Crippen MR) is 182 cm³/mol. The first-order valence-corrected chi connectivity index (χ1v) is 17.0. The number of benzene rings is 1. The van der Waals surface area contributed by atoms with Crippen LogP contribution in [0.3, 0.4) is 0 Å².